The van der Waals surface area contributed by atoms with Crippen molar-refractivity contribution in [3.05, 3.63) is 143 Å². The van der Waals surface area contributed by atoms with Gasteiger partial charge < -0.3 is 18.8 Å². The number of anilines is 1. The molecule has 0 spiro atoms. The summed E-state index contributed by atoms with van der Waals surface area (Å²) in [5.41, 5.74) is 9.02. The van der Waals surface area contributed by atoms with Crippen LogP contribution in [0, 0.1) is 5.41 Å². The first-order chi connectivity index (χ1) is 23.1. The van der Waals surface area contributed by atoms with Crippen LogP contribution < -0.4 is 10.5 Å². The Balaban J connectivity index is 0.967. The van der Waals surface area contributed by atoms with E-state index in [0.29, 0.717) is 18.8 Å². The van der Waals surface area contributed by atoms with Gasteiger partial charge in [-0.15, -0.1) is 0 Å². The van der Waals surface area contributed by atoms with E-state index in [2.05, 4.69) is 122 Å². The standard InChI is InChI=1S/C40H42ClN5O/c41-34-19-17-32(18-20-34)37-12-5-4-9-33(37)30-43-24-26-44(27-25-43)35-21-15-31(16-22-35)29-46-39-14-7-6-13-38(39)45(40(46)42)23-8-28-47-36-10-2-1-3-11-36/h1-2,4-7,9-10,12-22,42H,3,8,11,23-30H2. The van der Waals surface area contributed by atoms with Crippen LogP contribution >= 0.6 is 11.6 Å². The first-order valence-electron chi connectivity index (χ1n) is 16.7. The Morgan fingerprint density at radius 2 is 1.47 bits per heavy atom. The molecule has 7 heteroatoms. The third kappa shape index (κ3) is 7.24. The molecule has 1 aromatic heterocycles. The normalized spacial score (nSPS) is 15.3. The molecule has 1 aliphatic heterocycles. The highest BCUT2D eigenvalue weighted by molar-refractivity contribution is 6.30. The third-order valence-corrected chi connectivity index (χ3v) is 9.60. The second kappa shape index (κ2) is 14.5. The number of para-hydroxylation sites is 2. The van der Waals surface area contributed by atoms with Crippen LogP contribution in [0.15, 0.2) is 121 Å². The quantitative estimate of drug-likeness (QED) is 0.148. The summed E-state index contributed by atoms with van der Waals surface area (Å²) in [5.74, 6) is 1.06. The summed E-state index contributed by atoms with van der Waals surface area (Å²) in [7, 11) is 0. The van der Waals surface area contributed by atoms with E-state index in [9.17, 15) is 0 Å². The van der Waals surface area contributed by atoms with Gasteiger partial charge in [0.05, 0.1) is 29.9 Å². The SMILES string of the molecule is N=c1n(CCCOC2=CC=CCC2)c2ccccc2n1Cc1ccc(N2CCN(Cc3ccccc3-c3ccc(Cl)cc3)CC2)cc1. The molecule has 240 valence electrons. The molecule has 0 unspecified atom stereocenters. The lowest BCUT2D eigenvalue weighted by Gasteiger charge is -2.36. The molecule has 6 nitrogen and oxygen atoms in total. The van der Waals surface area contributed by atoms with E-state index < -0.39 is 0 Å². The third-order valence-electron chi connectivity index (χ3n) is 9.34. The maximum absolute atomic E-state index is 9.07. The predicted octanol–water partition coefficient (Wildman–Crippen LogP) is 8.25. The summed E-state index contributed by atoms with van der Waals surface area (Å²) >= 11 is 6.14. The van der Waals surface area contributed by atoms with Crippen molar-refractivity contribution in [3.63, 3.8) is 0 Å². The molecule has 0 atom stereocenters. The molecule has 5 aromatic rings. The fraction of sp³-hybridized carbons (Fsp3) is 0.275. The second-order valence-electron chi connectivity index (χ2n) is 12.4. The lowest BCUT2D eigenvalue weighted by atomic mass is 9.99. The summed E-state index contributed by atoms with van der Waals surface area (Å²) in [6.45, 7) is 7.07. The highest BCUT2D eigenvalue weighted by Gasteiger charge is 2.19. The van der Waals surface area contributed by atoms with Gasteiger partial charge in [-0.05, 0) is 77.6 Å². The minimum Gasteiger partial charge on any atom is -0.498 e. The summed E-state index contributed by atoms with van der Waals surface area (Å²) in [5, 5.41) is 9.84. The number of rotatable bonds is 11. The van der Waals surface area contributed by atoms with Crippen LogP contribution in [-0.4, -0.2) is 46.8 Å². The van der Waals surface area contributed by atoms with E-state index in [1.54, 1.807) is 0 Å². The van der Waals surface area contributed by atoms with Crippen molar-refractivity contribution in [1.29, 1.82) is 5.41 Å². The Labute approximate surface area is 282 Å². The van der Waals surface area contributed by atoms with Gasteiger partial charge in [0.15, 0.2) is 0 Å². The summed E-state index contributed by atoms with van der Waals surface area (Å²) in [6.07, 6.45) is 9.19. The average molecular weight is 644 g/mol. The number of halogens is 1. The first kappa shape index (κ1) is 31.1. The molecule has 0 saturated carbocycles. The Hall–Kier alpha value is -4.52. The molecule has 1 aliphatic carbocycles. The number of piperazine rings is 1. The predicted molar refractivity (Wildman–Crippen MR) is 193 cm³/mol. The molecule has 2 aliphatic rings. The zero-order valence-corrected chi connectivity index (χ0v) is 27.6. The maximum Gasteiger partial charge on any atom is 0.203 e. The van der Waals surface area contributed by atoms with Gasteiger partial charge in [-0.3, -0.25) is 10.3 Å². The van der Waals surface area contributed by atoms with Gasteiger partial charge in [0.1, 0.15) is 0 Å². The second-order valence-corrected chi connectivity index (χ2v) is 12.9. The minimum atomic E-state index is 0.531. The number of ether oxygens (including phenoxy) is 1. The Kier molecular flexibility index (Phi) is 9.59. The number of aryl methyl sites for hydroxylation is 1. The van der Waals surface area contributed by atoms with E-state index in [4.69, 9.17) is 21.7 Å². The maximum atomic E-state index is 9.07. The largest absolute Gasteiger partial charge is 0.498 e. The average Bonchev–Trinajstić information content (AvgIpc) is 3.38. The molecule has 1 fully saturated rings. The van der Waals surface area contributed by atoms with Crippen LogP contribution in [0.5, 0.6) is 0 Å². The van der Waals surface area contributed by atoms with E-state index >= 15 is 0 Å². The lowest BCUT2D eigenvalue weighted by molar-refractivity contribution is 0.193. The van der Waals surface area contributed by atoms with Crippen molar-refractivity contribution >= 4 is 28.3 Å². The van der Waals surface area contributed by atoms with Crippen molar-refractivity contribution in [3.8, 4) is 11.1 Å². The molecule has 2 heterocycles. The fourth-order valence-corrected chi connectivity index (χ4v) is 6.90. The molecule has 47 heavy (non-hydrogen) atoms. The monoisotopic (exact) mass is 643 g/mol. The zero-order chi connectivity index (χ0) is 32.0. The highest BCUT2D eigenvalue weighted by atomic mass is 35.5. The fourth-order valence-electron chi connectivity index (χ4n) is 6.78. The van der Waals surface area contributed by atoms with Crippen LogP contribution in [0.25, 0.3) is 22.2 Å². The van der Waals surface area contributed by atoms with Crippen molar-refractivity contribution in [1.82, 2.24) is 14.0 Å². The van der Waals surface area contributed by atoms with Crippen LogP contribution in [0.1, 0.15) is 30.4 Å². The van der Waals surface area contributed by atoms with Gasteiger partial charge >= 0.3 is 0 Å². The minimum absolute atomic E-state index is 0.531. The van der Waals surface area contributed by atoms with Gasteiger partial charge in [0.25, 0.3) is 0 Å². The highest BCUT2D eigenvalue weighted by Crippen LogP contribution is 2.27. The Bertz CT molecular complexity index is 1930. The van der Waals surface area contributed by atoms with E-state index in [-0.39, 0.29) is 0 Å². The van der Waals surface area contributed by atoms with Crippen LogP contribution in [0.2, 0.25) is 5.02 Å². The molecular weight excluding hydrogens is 602 g/mol. The zero-order valence-electron chi connectivity index (χ0n) is 26.8. The topological polar surface area (TPSA) is 49.4 Å². The van der Waals surface area contributed by atoms with E-state index in [1.807, 2.05) is 12.1 Å². The number of nitrogens with zero attached hydrogens (tertiary/aromatic N) is 4. The van der Waals surface area contributed by atoms with Crippen molar-refractivity contribution in [2.45, 2.75) is 38.9 Å². The van der Waals surface area contributed by atoms with Crippen LogP contribution in [0.4, 0.5) is 5.69 Å². The van der Waals surface area contributed by atoms with Crippen molar-refractivity contribution in [2.75, 3.05) is 37.7 Å². The van der Waals surface area contributed by atoms with Gasteiger partial charge in [0.2, 0.25) is 5.62 Å². The summed E-state index contributed by atoms with van der Waals surface area (Å²) < 4.78 is 10.2. The molecular formula is C40H42ClN5O. The summed E-state index contributed by atoms with van der Waals surface area (Å²) in [6, 6.07) is 34.2. The van der Waals surface area contributed by atoms with Crippen molar-refractivity contribution in [2.24, 2.45) is 0 Å². The smallest absolute Gasteiger partial charge is 0.203 e. The van der Waals surface area contributed by atoms with E-state index in [1.165, 1.54) is 27.9 Å². The van der Waals surface area contributed by atoms with Crippen LogP contribution in [-0.2, 0) is 24.4 Å². The molecule has 7 rings (SSSR count). The number of imidazole rings is 1. The first-order valence-corrected chi connectivity index (χ1v) is 17.1. The molecule has 0 bridgehead atoms. The number of hydrogen-bond acceptors (Lipinski definition) is 4. The number of aromatic nitrogens is 2. The molecule has 4 aromatic carbocycles. The van der Waals surface area contributed by atoms with Crippen molar-refractivity contribution < 1.29 is 4.74 Å². The van der Waals surface area contributed by atoms with Gasteiger partial charge in [-0.1, -0.05) is 84.4 Å². The number of fused-ring (bicyclic) bond motifs is 1. The molecule has 1 N–H and O–H groups in total. The van der Waals surface area contributed by atoms with Gasteiger partial charge in [0, 0.05) is 56.4 Å². The molecule has 1 saturated heterocycles. The molecule has 0 radical (unpaired) electrons. The Morgan fingerprint density at radius 1 is 0.745 bits per heavy atom. The van der Waals surface area contributed by atoms with Gasteiger partial charge in [-0.2, -0.15) is 0 Å². The summed E-state index contributed by atoms with van der Waals surface area (Å²) in [4.78, 5) is 5.04. The number of allylic oxidation sites excluding steroid dienone is 4. The van der Waals surface area contributed by atoms with E-state index in [0.717, 1.165) is 80.3 Å². The number of benzene rings is 4. The lowest BCUT2D eigenvalue weighted by Crippen LogP contribution is -2.46. The van der Waals surface area contributed by atoms with Gasteiger partial charge in [-0.25, -0.2) is 0 Å². The Morgan fingerprint density at radius 3 is 2.21 bits per heavy atom. The number of hydrogen-bond donors (Lipinski definition) is 1. The molecule has 0 amide bonds. The number of nitrogens with one attached hydrogen (secondary N) is 1. The van der Waals surface area contributed by atoms with Crippen LogP contribution in [0.3, 0.4) is 0 Å².